The van der Waals surface area contributed by atoms with Crippen molar-refractivity contribution in [1.29, 1.82) is 0 Å². The number of hydrogen-bond acceptors (Lipinski definition) is 3. The summed E-state index contributed by atoms with van der Waals surface area (Å²) < 4.78 is 3.85. The molecule has 1 aromatic carbocycles. The number of terminal acetylenes is 1. The maximum atomic E-state index is 11.8. The second kappa shape index (κ2) is 11.7. The highest BCUT2D eigenvalue weighted by Gasteiger charge is 2.22. The van der Waals surface area contributed by atoms with Crippen molar-refractivity contribution in [2.75, 3.05) is 14.1 Å². The van der Waals surface area contributed by atoms with Gasteiger partial charge in [0.1, 0.15) is 15.2 Å². The third-order valence-corrected chi connectivity index (χ3v) is 7.40. The summed E-state index contributed by atoms with van der Waals surface area (Å²) in [5, 5.41) is 7.72. The van der Waals surface area contributed by atoms with Crippen molar-refractivity contribution < 1.29 is 9.59 Å². The lowest BCUT2D eigenvalue weighted by Gasteiger charge is -2.19. The lowest BCUT2D eigenvalue weighted by Crippen LogP contribution is -2.42. The van der Waals surface area contributed by atoms with Crippen LogP contribution in [0.4, 0.5) is 0 Å². The van der Waals surface area contributed by atoms with Gasteiger partial charge in [-0.25, -0.2) is 4.68 Å². The minimum Gasteiger partial charge on any atom is -0.347 e. The van der Waals surface area contributed by atoms with E-state index in [0.29, 0.717) is 20.2 Å². The van der Waals surface area contributed by atoms with Crippen LogP contribution in [0.2, 0.25) is 10.0 Å². The predicted octanol–water partition coefficient (Wildman–Crippen LogP) is 5.95. The third kappa shape index (κ3) is 8.10. The number of amides is 2. The largest absolute Gasteiger partial charge is 0.347 e. The molecule has 1 heterocycles. The molecule has 0 spiro atoms. The first-order valence-electron chi connectivity index (χ1n) is 8.76. The van der Waals surface area contributed by atoms with E-state index < -0.39 is 5.54 Å². The summed E-state index contributed by atoms with van der Waals surface area (Å²) in [7, 11) is 3.45. The number of halogens is 5. The Balaban J connectivity index is 0.000000311. The number of hydrogen-bond donors (Lipinski definition) is 1. The van der Waals surface area contributed by atoms with E-state index in [-0.39, 0.29) is 17.9 Å². The van der Waals surface area contributed by atoms with Gasteiger partial charge in [-0.1, -0.05) is 29.1 Å². The first-order chi connectivity index (χ1) is 14.2. The first kappa shape index (κ1) is 28.0. The van der Waals surface area contributed by atoms with Crippen molar-refractivity contribution in [2.24, 2.45) is 0 Å². The van der Waals surface area contributed by atoms with Crippen molar-refractivity contribution in [3.63, 3.8) is 0 Å². The number of likely N-dealkylation sites (N-methyl/N-ethyl adjacent to an activating group) is 1. The average Bonchev–Trinajstić information content (AvgIpc) is 2.93. The van der Waals surface area contributed by atoms with E-state index in [2.05, 4.69) is 64.1 Å². The van der Waals surface area contributed by atoms with Crippen LogP contribution in [0, 0.1) is 12.3 Å². The molecule has 1 aromatic heterocycles. The number of nitrogens with zero attached hydrogens (tertiary/aromatic N) is 3. The molecule has 1 N–H and O–H groups in total. The van der Waals surface area contributed by atoms with Crippen molar-refractivity contribution >= 4 is 82.8 Å². The van der Waals surface area contributed by atoms with Crippen molar-refractivity contribution in [2.45, 2.75) is 32.4 Å². The highest BCUT2D eigenvalue weighted by atomic mass is 79.9. The molecule has 31 heavy (non-hydrogen) atoms. The molecule has 0 saturated heterocycles. The van der Waals surface area contributed by atoms with E-state index >= 15 is 0 Å². The quantitative estimate of drug-likeness (QED) is 0.413. The number of carbonyl (C=O) groups is 2. The molecule has 2 aromatic rings. The fraction of sp³-hybridized carbons (Fsp3) is 0.350. The zero-order valence-corrected chi connectivity index (χ0v) is 23.7. The van der Waals surface area contributed by atoms with E-state index in [9.17, 15) is 9.59 Å². The highest BCUT2D eigenvalue weighted by Crippen LogP contribution is 2.32. The Kier molecular flexibility index (Phi) is 10.6. The van der Waals surface area contributed by atoms with E-state index in [1.807, 2.05) is 0 Å². The predicted molar refractivity (Wildman–Crippen MR) is 136 cm³/mol. The molecule has 0 aliphatic carbocycles. The van der Waals surface area contributed by atoms with Crippen LogP contribution < -0.4 is 5.32 Å². The van der Waals surface area contributed by atoms with Crippen molar-refractivity contribution in [3.05, 3.63) is 47.5 Å². The molecule has 0 bridgehead atoms. The topological polar surface area (TPSA) is 67.2 Å². The summed E-state index contributed by atoms with van der Waals surface area (Å²) in [5.74, 6) is 2.17. The molecule has 0 aliphatic heterocycles. The Morgan fingerprint density at radius 3 is 2.10 bits per heavy atom. The lowest BCUT2D eigenvalue weighted by molar-refractivity contribution is -0.132. The summed E-state index contributed by atoms with van der Waals surface area (Å²) in [5.41, 5.74) is -0.313. The molecule has 2 rings (SSSR count). The molecule has 0 aliphatic rings. The molecular weight excluding hydrogens is 639 g/mol. The molecule has 2 amide bonds. The van der Waals surface area contributed by atoms with Gasteiger partial charge in [0.25, 0.3) is 5.91 Å². The monoisotopic (exact) mass is 656 g/mol. The van der Waals surface area contributed by atoms with E-state index in [1.54, 1.807) is 50.5 Å². The Hall–Kier alpha value is -1.05. The zero-order valence-electron chi connectivity index (χ0n) is 17.4. The van der Waals surface area contributed by atoms with Crippen LogP contribution in [0.3, 0.4) is 0 Å². The van der Waals surface area contributed by atoms with Crippen LogP contribution >= 0.6 is 71.0 Å². The molecule has 1 atom stereocenters. The van der Waals surface area contributed by atoms with Crippen LogP contribution in [0.25, 0.3) is 0 Å². The van der Waals surface area contributed by atoms with Gasteiger partial charge in [-0.3, -0.25) is 9.59 Å². The zero-order chi connectivity index (χ0) is 24.1. The molecule has 6 nitrogen and oxygen atoms in total. The Morgan fingerprint density at radius 1 is 1.19 bits per heavy atom. The average molecular weight is 660 g/mol. The van der Waals surface area contributed by atoms with Gasteiger partial charge in [-0.15, -0.1) is 6.42 Å². The number of rotatable bonds is 4. The highest BCUT2D eigenvalue weighted by molar-refractivity contribution is 9.14. The first-order valence-corrected chi connectivity index (χ1v) is 11.9. The minimum absolute atomic E-state index is 0.00167. The van der Waals surface area contributed by atoms with Crippen LogP contribution in [0.15, 0.2) is 31.9 Å². The van der Waals surface area contributed by atoms with E-state index in [0.717, 1.165) is 9.08 Å². The van der Waals surface area contributed by atoms with Gasteiger partial charge in [0.2, 0.25) is 5.91 Å². The van der Waals surface area contributed by atoms with Crippen LogP contribution in [-0.4, -0.2) is 46.1 Å². The molecule has 0 radical (unpaired) electrons. The number of nitrogens with one attached hydrogen (secondary N) is 1. The SMILES string of the molecule is C#CC(C)(C)NC(=O)c1cc(Cl)cc(Cl)c1.CC(C(=O)N(C)C)n1nc(Br)c(Br)c1Br. The van der Waals surface area contributed by atoms with Gasteiger partial charge in [0.15, 0.2) is 0 Å². The standard InChI is InChI=1S/C12H11Cl2NO.C8H10Br3N3O/c1-4-12(2,3)15-11(16)8-5-9(13)7-10(14)6-8;1-4(8(15)13(2)3)14-7(11)5(9)6(10)12-14/h1,5-7H,2-3H3,(H,15,16);4H,1-3H3. The van der Waals surface area contributed by atoms with Gasteiger partial charge in [0.05, 0.1) is 10.0 Å². The molecule has 168 valence electrons. The Bertz CT molecular complexity index is 996. The fourth-order valence-electron chi connectivity index (χ4n) is 2.18. The minimum atomic E-state index is -0.703. The van der Waals surface area contributed by atoms with Gasteiger partial charge < -0.3 is 10.2 Å². The molecule has 0 saturated carbocycles. The normalized spacial score (nSPS) is 11.6. The van der Waals surface area contributed by atoms with Crippen molar-refractivity contribution in [1.82, 2.24) is 20.0 Å². The van der Waals surface area contributed by atoms with E-state index in [1.165, 1.54) is 12.1 Å². The number of carbonyl (C=O) groups excluding carboxylic acids is 2. The summed E-state index contributed by atoms with van der Waals surface area (Å²) >= 11 is 21.6. The number of aromatic nitrogens is 2. The molecule has 0 fully saturated rings. The van der Waals surface area contributed by atoms with Crippen molar-refractivity contribution in [3.8, 4) is 12.3 Å². The van der Waals surface area contributed by atoms with Gasteiger partial charge in [0, 0.05) is 29.7 Å². The second-order valence-electron chi connectivity index (χ2n) is 7.13. The number of benzene rings is 1. The van der Waals surface area contributed by atoms with Gasteiger partial charge in [-0.2, -0.15) is 5.10 Å². The third-order valence-electron chi connectivity index (χ3n) is 3.84. The molecule has 1 unspecified atom stereocenters. The summed E-state index contributed by atoms with van der Waals surface area (Å²) in [6, 6.07) is 4.30. The van der Waals surface area contributed by atoms with Gasteiger partial charge in [-0.05, 0) is 86.8 Å². The Labute approximate surface area is 217 Å². The molecule has 11 heteroatoms. The maximum absolute atomic E-state index is 11.8. The Morgan fingerprint density at radius 2 is 1.71 bits per heavy atom. The summed E-state index contributed by atoms with van der Waals surface area (Å²) in [6.45, 7) is 5.27. The fourth-order valence-corrected chi connectivity index (χ4v) is 4.17. The van der Waals surface area contributed by atoms with Gasteiger partial charge >= 0.3 is 0 Å². The second-order valence-corrected chi connectivity index (χ2v) is 10.3. The summed E-state index contributed by atoms with van der Waals surface area (Å²) in [4.78, 5) is 25.1. The van der Waals surface area contributed by atoms with E-state index in [4.69, 9.17) is 29.6 Å². The smallest absolute Gasteiger partial charge is 0.252 e. The van der Waals surface area contributed by atoms with Crippen LogP contribution in [-0.2, 0) is 4.79 Å². The summed E-state index contributed by atoms with van der Waals surface area (Å²) in [6.07, 6.45) is 5.28. The lowest BCUT2D eigenvalue weighted by atomic mass is 10.1. The maximum Gasteiger partial charge on any atom is 0.252 e. The van der Waals surface area contributed by atoms with Crippen LogP contribution in [0.1, 0.15) is 37.2 Å². The van der Waals surface area contributed by atoms with Crippen LogP contribution in [0.5, 0.6) is 0 Å². The molecular formula is C20H21Br3Cl2N4O2.